The SMILES string of the molecule is COc1ccc(-c2cc(=O)n(CCNC(=O)COc3ccccc3Cl)cn2)cc1. The van der Waals surface area contributed by atoms with Crippen molar-refractivity contribution in [2.45, 2.75) is 6.54 Å². The molecule has 150 valence electrons. The molecule has 0 saturated heterocycles. The molecular formula is C21H20ClN3O4. The maximum absolute atomic E-state index is 12.3. The number of ether oxygens (including phenoxy) is 2. The standard InChI is InChI=1S/C21H20ClN3O4/c1-28-16-8-6-15(7-9-16)18-12-21(27)25(14-24-18)11-10-23-20(26)13-29-19-5-3-2-4-17(19)22/h2-9,12,14H,10-11,13H2,1H3,(H,23,26). The third kappa shape index (κ3) is 5.58. The van der Waals surface area contributed by atoms with Crippen LogP contribution in [0.5, 0.6) is 11.5 Å². The van der Waals surface area contributed by atoms with E-state index >= 15 is 0 Å². The highest BCUT2D eigenvalue weighted by Gasteiger charge is 2.07. The highest BCUT2D eigenvalue weighted by Crippen LogP contribution is 2.22. The number of rotatable bonds is 8. The summed E-state index contributed by atoms with van der Waals surface area (Å²) in [6.45, 7) is 0.411. The second-order valence-electron chi connectivity index (χ2n) is 6.10. The number of nitrogens with zero attached hydrogens (tertiary/aromatic N) is 2. The molecule has 7 nitrogen and oxygen atoms in total. The fraction of sp³-hybridized carbons (Fsp3) is 0.190. The summed E-state index contributed by atoms with van der Waals surface area (Å²) in [4.78, 5) is 28.5. The van der Waals surface area contributed by atoms with Gasteiger partial charge in [0.15, 0.2) is 6.61 Å². The lowest BCUT2D eigenvalue weighted by atomic mass is 10.1. The number of halogens is 1. The molecule has 0 aliphatic heterocycles. The number of nitrogens with one attached hydrogen (secondary N) is 1. The number of hydrogen-bond donors (Lipinski definition) is 1. The number of aromatic nitrogens is 2. The van der Waals surface area contributed by atoms with Crippen molar-refractivity contribution < 1.29 is 14.3 Å². The molecule has 3 aromatic rings. The first-order chi connectivity index (χ1) is 14.1. The molecule has 0 spiro atoms. The quantitative estimate of drug-likeness (QED) is 0.614. The molecule has 0 bridgehead atoms. The smallest absolute Gasteiger partial charge is 0.258 e. The Kier molecular flexibility index (Phi) is 6.86. The minimum absolute atomic E-state index is 0.159. The van der Waals surface area contributed by atoms with E-state index in [0.29, 0.717) is 23.0 Å². The van der Waals surface area contributed by atoms with Crippen LogP contribution in [-0.2, 0) is 11.3 Å². The average Bonchev–Trinajstić information content (AvgIpc) is 2.74. The Balaban J connectivity index is 1.51. The molecule has 1 N–H and O–H groups in total. The van der Waals surface area contributed by atoms with E-state index < -0.39 is 0 Å². The van der Waals surface area contributed by atoms with E-state index in [1.807, 2.05) is 24.3 Å². The van der Waals surface area contributed by atoms with Crippen LogP contribution in [0.15, 0.2) is 65.7 Å². The first-order valence-electron chi connectivity index (χ1n) is 8.92. The Morgan fingerprint density at radius 3 is 2.62 bits per heavy atom. The number of amides is 1. The van der Waals surface area contributed by atoms with E-state index in [9.17, 15) is 9.59 Å². The molecule has 0 atom stereocenters. The highest BCUT2D eigenvalue weighted by atomic mass is 35.5. The summed E-state index contributed by atoms with van der Waals surface area (Å²) in [6, 6.07) is 15.7. The molecule has 0 aliphatic rings. The van der Waals surface area contributed by atoms with Crippen LogP contribution >= 0.6 is 11.6 Å². The topological polar surface area (TPSA) is 82.5 Å². The number of methoxy groups -OCH3 is 1. The number of benzene rings is 2. The van der Waals surface area contributed by atoms with Crippen molar-refractivity contribution in [1.82, 2.24) is 14.9 Å². The van der Waals surface area contributed by atoms with E-state index in [1.54, 1.807) is 31.4 Å². The Morgan fingerprint density at radius 2 is 1.93 bits per heavy atom. The van der Waals surface area contributed by atoms with Crippen molar-refractivity contribution in [2.75, 3.05) is 20.3 Å². The maximum atomic E-state index is 12.3. The summed E-state index contributed by atoms with van der Waals surface area (Å²) in [6.07, 6.45) is 1.47. The molecule has 29 heavy (non-hydrogen) atoms. The normalized spacial score (nSPS) is 10.4. The molecule has 0 aliphatic carbocycles. The van der Waals surface area contributed by atoms with Gasteiger partial charge in [0.25, 0.3) is 11.5 Å². The Bertz CT molecular complexity index is 1030. The largest absolute Gasteiger partial charge is 0.497 e. The molecule has 2 aromatic carbocycles. The maximum Gasteiger partial charge on any atom is 0.258 e. The van der Waals surface area contributed by atoms with Crippen molar-refractivity contribution in [1.29, 1.82) is 0 Å². The lowest BCUT2D eigenvalue weighted by Crippen LogP contribution is -2.33. The Hall–Kier alpha value is -3.32. The van der Waals surface area contributed by atoms with Gasteiger partial charge < -0.3 is 14.8 Å². The van der Waals surface area contributed by atoms with Gasteiger partial charge in [-0.05, 0) is 36.4 Å². The number of para-hydroxylation sites is 1. The van der Waals surface area contributed by atoms with Crippen molar-refractivity contribution in [3.05, 3.63) is 76.3 Å². The number of carbonyl (C=O) groups is 1. The molecule has 0 unspecified atom stereocenters. The van der Waals surface area contributed by atoms with Crippen molar-refractivity contribution in [3.63, 3.8) is 0 Å². The molecule has 1 amide bonds. The van der Waals surface area contributed by atoms with Crippen LogP contribution in [-0.4, -0.2) is 35.7 Å². The van der Waals surface area contributed by atoms with E-state index in [0.717, 1.165) is 11.3 Å². The first-order valence-corrected chi connectivity index (χ1v) is 9.29. The second-order valence-corrected chi connectivity index (χ2v) is 6.51. The summed E-state index contributed by atoms with van der Waals surface area (Å²) in [5, 5.41) is 3.14. The van der Waals surface area contributed by atoms with Crippen molar-refractivity contribution in [3.8, 4) is 22.8 Å². The van der Waals surface area contributed by atoms with Crippen LogP contribution in [0, 0.1) is 0 Å². The fourth-order valence-corrected chi connectivity index (χ4v) is 2.78. The molecule has 0 radical (unpaired) electrons. The minimum Gasteiger partial charge on any atom is -0.497 e. The fourth-order valence-electron chi connectivity index (χ4n) is 2.59. The van der Waals surface area contributed by atoms with Crippen molar-refractivity contribution in [2.24, 2.45) is 0 Å². The molecule has 3 rings (SSSR count). The minimum atomic E-state index is -0.305. The summed E-state index contributed by atoms with van der Waals surface area (Å²) >= 11 is 5.97. The third-order valence-electron chi connectivity index (χ3n) is 4.14. The highest BCUT2D eigenvalue weighted by molar-refractivity contribution is 6.32. The zero-order valence-electron chi connectivity index (χ0n) is 15.8. The summed E-state index contributed by atoms with van der Waals surface area (Å²) in [7, 11) is 1.59. The first kappa shape index (κ1) is 20.4. The van der Waals surface area contributed by atoms with E-state index in [-0.39, 0.29) is 24.6 Å². The van der Waals surface area contributed by atoms with Crippen LogP contribution in [0.3, 0.4) is 0 Å². The lowest BCUT2D eigenvalue weighted by Gasteiger charge is -2.10. The summed E-state index contributed by atoms with van der Waals surface area (Å²) in [5.74, 6) is 0.871. The number of carbonyl (C=O) groups excluding carboxylic acids is 1. The second kappa shape index (κ2) is 9.75. The summed E-state index contributed by atoms with van der Waals surface area (Å²) in [5.41, 5.74) is 1.19. The molecule has 0 fully saturated rings. The van der Waals surface area contributed by atoms with E-state index in [1.165, 1.54) is 17.0 Å². The van der Waals surface area contributed by atoms with Crippen LogP contribution in [0.2, 0.25) is 5.02 Å². The van der Waals surface area contributed by atoms with Gasteiger partial charge in [0, 0.05) is 24.7 Å². The van der Waals surface area contributed by atoms with Crippen LogP contribution < -0.4 is 20.3 Å². The van der Waals surface area contributed by atoms with Crippen LogP contribution in [0.25, 0.3) is 11.3 Å². The third-order valence-corrected chi connectivity index (χ3v) is 4.45. The Labute approximate surface area is 172 Å². The molecular weight excluding hydrogens is 394 g/mol. The van der Waals surface area contributed by atoms with Crippen LogP contribution in [0.4, 0.5) is 0 Å². The Morgan fingerprint density at radius 1 is 1.17 bits per heavy atom. The van der Waals surface area contributed by atoms with Gasteiger partial charge in [-0.3, -0.25) is 14.2 Å². The van der Waals surface area contributed by atoms with Gasteiger partial charge in [-0.2, -0.15) is 0 Å². The lowest BCUT2D eigenvalue weighted by molar-refractivity contribution is -0.123. The van der Waals surface area contributed by atoms with Gasteiger partial charge in [-0.1, -0.05) is 23.7 Å². The van der Waals surface area contributed by atoms with Gasteiger partial charge in [-0.25, -0.2) is 4.98 Å². The predicted octanol–water partition coefficient (Wildman–Crippen LogP) is 2.77. The zero-order valence-corrected chi connectivity index (χ0v) is 16.6. The van der Waals surface area contributed by atoms with Gasteiger partial charge in [-0.15, -0.1) is 0 Å². The monoisotopic (exact) mass is 413 g/mol. The summed E-state index contributed by atoms with van der Waals surface area (Å²) < 4.78 is 11.9. The zero-order chi connectivity index (χ0) is 20.6. The average molecular weight is 414 g/mol. The van der Waals surface area contributed by atoms with Crippen LogP contribution in [0.1, 0.15) is 0 Å². The molecule has 1 heterocycles. The van der Waals surface area contributed by atoms with E-state index in [2.05, 4.69) is 10.3 Å². The molecule has 0 saturated carbocycles. The van der Waals surface area contributed by atoms with Gasteiger partial charge in [0.1, 0.15) is 11.5 Å². The van der Waals surface area contributed by atoms with Crippen molar-refractivity contribution >= 4 is 17.5 Å². The van der Waals surface area contributed by atoms with Gasteiger partial charge in [0.05, 0.1) is 24.2 Å². The van der Waals surface area contributed by atoms with Gasteiger partial charge >= 0.3 is 0 Å². The molecule has 1 aromatic heterocycles. The predicted molar refractivity (Wildman–Crippen MR) is 110 cm³/mol. The molecule has 8 heteroatoms. The van der Waals surface area contributed by atoms with Gasteiger partial charge in [0.2, 0.25) is 0 Å². The number of hydrogen-bond acceptors (Lipinski definition) is 5. The van der Waals surface area contributed by atoms with E-state index in [4.69, 9.17) is 21.1 Å².